The second-order valence-electron chi connectivity index (χ2n) is 10.6. The molecule has 1 aromatic rings. The molecule has 35 heavy (non-hydrogen) atoms. The molecule has 3 N–H and O–H groups in total. The molecule has 0 aromatic heterocycles. The zero-order valence-corrected chi connectivity index (χ0v) is 23.7. The molecule has 0 radical (unpaired) electrons. The molecule has 0 bridgehead atoms. The lowest BCUT2D eigenvalue weighted by atomic mass is 10.0. The van der Waals surface area contributed by atoms with Gasteiger partial charge in [-0.3, -0.25) is 0 Å². The van der Waals surface area contributed by atoms with Crippen LogP contribution in [-0.2, 0) is 6.42 Å². The van der Waals surface area contributed by atoms with Crippen LogP contribution in [0.25, 0.3) is 0 Å². The van der Waals surface area contributed by atoms with Crippen LogP contribution in [-0.4, -0.2) is 38.8 Å². The lowest BCUT2D eigenvalue weighted by Crippen LogP contribution is -2.32. The lowest BCUT2D eigenvalue weighted by molar-refractivity contribution is 0.416. The van der Waals surface area contributed by atoms with Crippen LogP contribution in [0.1, 0.15) is 129 Å². The maximum Gasteiger partial charge on any atom is 0.00680 e. The van der Waals surface area contributed by atoms with E-state index in [1.807, 2.05) is 0 Å². The minimum absolute atomic E-state index is 0.664. The summed E-state index contributed by atoms with van der Waals surface area (Å²) in [5.41, 5.74) is 1.46. The van der Waals surface area contributed by atoms with Gasteiger partial charge in [-0.25, -0.2) is 0 Å². The zero-order chi connectivity index (χ0) is 25.1. The van der Waals surface area contributed by atoms with E-state index in [1.165, 1.54) is 147 Å². The number of hydrogen-bond donors (Lipinski definition) is 3. The van der Waals surface area contributed by atoms with Crippen molar-refractivity contribution in [3.8, 4) is 0 Å². The van der Waals surface area contributed by atoms with E-state index in [1.54, 1.807) is 0 Å². The van der Waals surface area contributed by atoms with Crippen molar-refractivity contribution in [2.45, 2.75) is 135 Å². The van der Waals surface area contributed by atoms with Crippen LogP contribution in [0.2, 0.25) is 0 Å². The zero-order valence-electron chi connectivity index (χ0n) is 23.7. The molecule has 0 fully saturated rings. The number of nitrogens with one attached hydrogen (secondary N) is 3. The van der Waals surface area contributed by atoms with E-state index < -0.39 is 0 Å². The molecule has 1 rings (SSSR count). The van der Waals surface area contributed by atoms with Crippen molar-refractivity contribution in [1.29, 1.82) is 0 Å². The first kappa shape index (κ1) is 32.1. The van der Waals surface area contributed by atoms with Crippen LogP contribution in [0.15, 0.2) is 30.3 Å². The molecule has 0 saturated carbocycles. The maximum absolute atomic E-state index is 3.90. The summed E-state index contributed by atoms with van der Waals surface area (Å²) in [7, 11) is 0. The van der Waals surface area contributed by atoms with Crippen LogP contribution in [0.4, 0.5) is 0 Å². The minimum Gasteiger partial charge on any atom is -0.317 e. The Labute approximate surface area is 220 Å². The Hall–Kier alpha value is -0.900. The van der Waals surface area contributed by atoms with Gasteiger partial charge in [0.1, 0.15) is 0 Å². The molecule has 3 nitrogen and oxygen atoms in total. The first-order valence-corrected chi connectivity index (χ1v) is 15.6. The van der Waals surface area contributed by atoms with E-state index in [0.29, 0.717) is 6.04 Å². The largest absolute Gasteiger partial charge is 0.317 e. The second kappa shape index (κ2) is 26.2. The van der Waals surface area contributed by atoms with Gasteiger partial charge < -0.3 is 16.0 Å². The fraction of sp³-hybridized carbons (Fsp3) is 0.812. The standard InChI is InChI=1S/C32H61N3/c1-3-5-7-9-11-16-26-33-28-19-24-32(35-30-18-23-31-21-14-13-15-22-31)25-20-29-34-27-17-12-10-8-6-4-2/h13-15,21-22,32-35H,3-12,16-20,23-30H2,1-2H3. The van der Waals surface area contributed by atoms with E-state index in [4.69, 9.17) is 0 Å². The van der Waals surface area contributed by atoms with Crippen molar-refractivity contribution in [2.24, 2.45) is 0 Å². The molecule has 0 spiro atoms. The number of hydrogen-bond acceptors (Lipinski definition) is 3. The van der Waals surface area contributed by atoms with E-state index in [0.717, 1.165) is 6.54 Å². The first-order chi connectivity index (χ1) is 17.4. The van der Waals surface area contributed by atoms with Crippen molar-refractivity contribution < 1.29 is 0 Å². The maximum atomic E-state index is 3.90. The quantitative estimate of drug-likeness (QED) is 0.110. The first-order valence-electron chi connectivity index (χ1n) is 15.6. The fourth-order valence-electron chi connectivity index (χ4n) is 4.85. The Kier molecular flexibility index (Phi) is 24.0. The monoisotopic (exact) mass is 487 g/mol. The molecular formula is C32H61N3. The molecule has 0 aliphatic rings. The van der Waals surface area contributed by atoms with Gasteiger partial charge in [0.2, 0.25) is 0 Å². The number of benzene rings is 1. The smallest absolute Gasteiger partial charge is 0.00680 e. The van der Waals surface area contributed by atoms with Crippen molar-refractivity contribution in [3.63, 3.8) is 0 Å². The number of unbranched alkanes of at least 4 members (excludes halogenated alkanes) is 10. The average molecular weight is 488 g/mol. The third-order valence-electron chi connectivity index (χ3n) is 7.14. The summed E-state index contributed by atoms with van der Waals surface area (Å²) in [6, 6.07) is 11.6. The molecule has 0 aliphatic carbocycles. The van der Waals surface area contributed by atoms with Gasteiger partial charge in [0.15, 0.2) is 0 Å². The summed E-state index contributed by atoms with van der Waals surface area (Å²) in [5, 5.41) is 11.3. The fourth-order valence-corrected chi connectivity index (χ4v) is 4.85. The summed E-state index contributed by atoms with van der Waals surface area (Å²) in [4.78, 5) is 0. The van der Waals surface area contributed by atoms with Crippen LogP contribution < -0.4 is 16.0 Å². The predicted molar refractivity (Wildman–Crippen MR) is 158 cm³/mol. The molecule has 0 heterocycles. The lowest BCUT2D eigenvalue weighted by Gasteiger charge is -2.19. The molecule has 3 heteroatoms. The summed E-state index contributed by atoms with van der Waals surface area (Å²) in [6.07, 6.45) is 24.2. The highest BCUT2D eigenvalue weighted by atomic mass is 14.9. The van der Waals surface area contributed by atoms with Gasteiger partial charge >= 0.3 is 0 Å². The average Bonchev–Trinajstić information content (AvgIpc) is 2.88. The van der Waals surface area contributed by atoms with Gasteiger partial charge in [-0.1, -0.05) is 108 Å². The molecule has 204 valence electrons. The Bertz CT molecular complexity index is 495. The van der Waals surface area contributed by atoms with Gasteiger partial charge in [-0.05, 0) is 89.7 Å². The molecule has 0 amide bonds. The predicted octanol–water partition coefficient (Wildman–Crippen LogP) is 8.04. The van der Waals surface area contributed by atoms with Crippen LogP contribution in [0, 0.1) is 0 Å². The van der Waals surface area contributed by atoms with E-state index >= 15 is 0 Å². The summed E-state index contributed by atoms with van der Waals surface area (Å²) in [6.45, 7) is 10.5. The molecule has 0 unspecified atom stereocenters. The van der Waals surface area contributed by atoms with Gasteiger partial charge in [-0.2, -0.15) is 0 Å². The number of aryl methyl sites for hydroxylation is 1. The molecule has 0 atom stereocenters. The van der Waals surface area contributed by atoms with Crippen LogP contribution in [0.3, 0.4) is 0 Å². The van der Waals surface area contributed by atoms with Crippen molar-refractivity contribution in [2.75, 3.05) is 32.7 Å². The Morgan fingerprint density at radius 1 is 0.514 bits per heavy atom. The topological polar surface area (TPSA) is 36.1 Å². The Balaban J connectivity index is 2.12. The highest BCUT2D eigenvalue weighted by molar-refractivity contribution is 5.14. The van der Waals surface area contributed by atoms with Crippen molar-refractivity contribution in [3.05, 3.63) is 35.9 Å². The molecule has 0 aliphatic heterocycles. The minimum atomic E-state index is 0.664. The highest BCUT2D eigenvalue weighted by Gasteiger charge is 2.08. The second-order valence-corrected chi connectivity index (χ2v) is 10.6. The summed E-state index contributed by atoms with van der Waals surface area (Å²) < 4.78 is 0. The SMILES string of the molecule is CCCCCCCCNCCCC(CCCNCCCCCCCC)NCCCc1ccccc1. The van der Waals surface area contributed by atoms with Crippen LogP contribution >= 0.6 is 0 Å². The van der Waals surface area contributed by atoms with Crippen molar-refractivity contribution in [1.82, 2.24) is 16.0 Å². The molecule has 1 aromatic carbocycles. The Morgan fingerprint density at radius 2 is 1.00 bits per heavy atom. The normalized spacial score (nSPS) is 11.5. The van der Waals surface area contributed by atoms with E-state index in [2.05, 4.69) is 60.1 Å². The number of rotatable bonds is 27. The van der Waals surface area contributed by atoms with E-state index in [-0.39, 0.29) is 0 Å². The van der Waals surface area contributed by atoms with Crippen molar-refractivity contribution >= 4 is 0 Å². The van der Waals surface area contributed by atoms with Gasteiger partial charge in [0.05, 0.1) is 0 Å². The van der Waals surface area contributed by atoms with E-state index in [9.17, 15) is 0 Å². The van der Waals surface area contributed by atoms with Crippen LogP contribution in [0.5, 0.6) is 0 Å². The summed E-state index contributed by atoms with van der Waals surface area (Å²) >= 11 is 0. The van der Waals surface area contributed by atoms with Gasteiger partial charge in [0.25, 0.3) is 0 Å². The Morgan fingerprint density at radius 3 is 1.54 bits per heavy atom. The highest BCUT2D eigenvalue weighted by Crippen LogP contribution is 2.08. The third kappa shape index (κ3) is 22.1. The molecular weight excluding hydrogens is 426 g/mol. The third-order valence-corrected chi connectivity index (χ3v) is 7.14. The molecule has 0 saturated heterocycles. The summed E-state index contributed by atoms with van der Waals surface area (Å²) in [5.74, 6) is 0. The van der Waals surface area contributed by atoms with Gasteiger partial charge in [-0.15, -0.1) is 0 Å². The van der Waals surface area contributed by atoms with Gasteiger partial charge in [0, 0.05) is 6.04 Å².